The largest absolute Gasteiger partial charge is 0.449 e. The summed E-state index contributed by atoms with van der Waals surface area (Å²) in [5, 5.41) is 0.576. The average molecular weight is 256 g/mol. The topological polar surface area (TPSA) is 44.5 Å². The van der Waals surface area contributed by atoms with Crippen molar-refractivity contribution in [3.63, 3.8) is 0 Å². The van der Waals surface area contributed by atoms with E-state index in [9.17, 15) is 0 Å². The molecule has 1 aromatic rings. The molecule has 0 saturated carbocycles. The van der Waals surface area contributed by atoms with Crippen molar-refractivity contribution in [1.29, 1.82) is 0 Å². The Balaban J connectivity index is 2.34. The number of rotatable bonds is 2. The highest BCUT2D eigenvalue weighted by Crippen LogP contribution is 2.45. The molecule has 1 aromatic carbocycles. The zero-order valence-electron chi connectivity index (χ0n) is 10.6. The Bertz CT molecular complexity index is 449. The van der Waals surface area contributed by atoms with Crippen molar-refractivity contribution in [3.8, 4) is 11.5 Å². The Morgan fingerprint density at radius 3 is 2.53 bits per heavy atom. The van der Waals surface area contributed by atoms with Crippen molar-refractivity contribution in [2.75, 3.05) is 0 Å². The van der Waals surface area contributed by atoms with Crippen LogP contribution in [-0.4, -0.2) is 11.3 Å². The summed E-state index contributed by atoms with van der Waals surface area (Å²) in [6, 6.07) is 3.84. The summed E-state index contributed by atoms with van der Waals surface area (Å²) in [5.41, 5.74) is 6.79. The molecule has 0 fully saturated rings. The van der Waals surface area contributed by atoms with Crippen LogP contribution in [0.2, 0.25) is 5.02 Å². The summed E-state index contributed by atoms with van der Waals surface area (Å²) >= 11 is 6.19. The van der Waals surface area contributed by atoms with E-state index in [1.165, 1.54) is 0 Å². The molecule has 2 rings (SSSR count). The second kappa shape index (κ2) is 3.79. The first-order valence-corrected chi connectivity index (χ1v) is 6.03. The molecule has 0 atom stereocenters. The maximum atomic E-state index is 6.19. The quantitative estimate of drug-likeness (QED) is 0.883. The van der Waals surface area contributed by atoms with Gasteiger partial charge in [0.2, 0.25) is 5.79 Å². The third-order valence-corrected chi connectivity index (χ3v) is 2.71. The Morgan fingerprint density at radius 2 is 1.94 bits per heavy atom. The first-order valence-electron chi connectivity index (χ1n) is 5.66. The summed E-state index contributed by atoms with van der Waals surface area (Å²) in [5.74, 6) is 0.667. The van der Waals surface area contributed by atoms with E-state index in [0.29, 0.717) is 16.5 Å². The van der Waals surface area contributed by atoms with E-state index < -0.39 is 5.79 Å². The van der Waals surface area contributed by atoms with Crippen LogP contribution < -0.4 is 15.2 Å². The minimum atomic E-state index is -0.650. The molecule has 0 radical (unpaired) electrons. The van der Waals surface area contributed by atoms with Crippen LogP contribution in [0.4, 0.5) is 0 Å². The van der Waals surface area contributed by atoms with Gasteiger partial charge in [0.15, 0.2) is 11.5 Å². The predicted octanol–water partition coefficient (Wildman–Crippen LogP) is 3.13. The summed E-state index contributed by atoms with van der Waals surface area (Å²) in [6.45, 7) is 7.68. The van der Waals surface area contributed by atoms with Gasteiger partial charge in [0.25, 0.3) is 0 Å². The lowest BCUT2D eigenvalue weighted by atomic mass is 9.96. The highest BCUT2D eigenvalue weighted by molar-refractivity contribution is 6.32. The Labute approximate surface area is 107 Å². The van der Waals surface area contributed by atoms with E-state index in [1.807, 2.05) is 39.8 Å². The van der Waals surface area contributed by atoms with E-state index >= 15 is 0 Å². The third kappa shape index (κ3) is 2.85. The fourth-order valence-electron chi connectivity index (χ4n) is 1.96. The van der Waals surface area contributed by atoms with Crippen molar-refractivity contribution in [1.82, 2.24) is 0 Å². The van der Waals surface area contributed by atoms with Crippen LogP contribution in [0.1, 0.15) is 33.3 Å². The second-order valence-electron chi connectivity index (χ2n) is 5.67. The van der Waals surface area contributed by atoms with Gasteiger partial charge in [-0.3, -0.25) is 0 Å². The number of nitrogens with two attached hydrogens (primary N) is 1. The summed E-state index contributed by atoms with van der Waals surface area (Å²) in [4.78, 5) is 0. The molecule has 1 aliphatic rings. The molecular formula is C13H18ClNO2. The molecule has 0 amide bonds. The van der Waals surface area contributed by atoms with Gasteiger partial charge in [0, 0.05) is 19.4 Å². The Morgan fingerprint density at radius 1 is 1.29 bits per heavy atom. The summed E-state index contributed by atoms with van der Waals surface area (Å²) in [7, 11) is 0. The monoisotopic (exact) mass is 255 g/mol. The minimum Gasteiger partial charge on any atom is -0.449 e. The number of fused-ring (bicyclic) bond motifs is 1. The van der Waals surface area contributed by atoms with Crippen molar-refractivity contribution in [3.05, 3.63) is 22.7 Å². The summed E-state index contributed by atoms with van der Waals surface area (Å²) in [6.07, 6.45) is 0.740. The van der Waals surface area contributed by atoms with Gasteiger partial charge in [-0.2, -0.15) is 0 Å². The zero-order chi connectivity index (χ0) is 12.8. The molecule has 3 nitrogen and oxygen atoms in total. The maximum absolute atomic E-state index is 6.19. The van der Waals surface area contributed by atoms with E-state index in [4.69, 9.17) is 26.8 Å². The number of halogens is 1. The molecule has 4 heteroatoms. The van der Waals surface area contributed by atoms with Crippen LogP contribution in [-0.2, 0) is 6.42 Å². The maximum Gasteiger partial charge on any atom is 0.246 e. The van der Waals surface area contributed by atoms with Gasteiger partial charge in [0.1, 0.15) is 0 Å². The predicted molar refractivity (Wildman–Crippen MR) is 68.8 cm³/mol. The molecule has 94 valence electrons. The first-order chi connectivity index (χ1) is 7.66. The van der Waals surface area contributed by atoms with Gasteiger partial charge in [-0.05, 0) is 38.0 Å². The molecule has 0 saturated heterocycles. The lowest BCUT2D eigenvalue weighted by Gasteiger charge is -2.18. The first kappa shape index (κ1) is 12.5. The molecule has 0 unspecified atom stereocenters. The fraction of sp³-hybridized carbons (Fsp3) is 0.538. The highest BCUT2D eigenvalue weighted by Gasteiger charge is 2.34. The molecule has 2 N–H and O–H groups in total. The van der Waals surface area contributed by atoms with Crippen LogP contribution >= 0.6 is 11.6 Å². The molecular weight excluding hydrogens is 238 g/mol. The summed E-state index contributed by atoms with van der Waals surface area (Å²) < 4.78 is 11.3. The molecule has 0 aromatic heterocycles. The molecule has 0 aliphatic carbocycles. The van der Waals surface area contributed by atoms with Gasteiger partial charge in [-0.25, -0.2) is 0 Å². The zero-order valence-corrected chi connectivity index (χ0v) is 11.4. The molecule has 1 aliphatic heterocycles. The van der Waals surface area contributed by atoms with E-state index in [1.54, 1.807) is 0 Å². The van der Waals surface area contributed by atoms with Gasteiger partial charge in [-0.1, -0.05) is 11.6 Å². The number of benzene rings is 1. The van der Waals surface area contributed by atoms with Crippen LogP contribution in [0.15, 0.2) is 12.1 Å². The van der Waals surface area contributed by atoms with Crippen LogP contribution in [0.3, 0.4) is 0 Å². The second-order valence-corrected chi connectivity index (χ2v) is 6.08. The smallest absolute Gasteiger partial charge is 0.246 e. The lowest BCUT2D eigenvalue weighted by molar-refractivity contribution is -0.0431. The molecule has 0 bridgehead atoms. The van der Waals surface area contributed by atoms with E-state index in [2.05, 4.69) is 0 Å². The van der Waals surface area contributed by atoms with Crippen molar-refractivity contribution in [2.24, 2.45) is 5.73 Å². The molecule has 1 heterocycles. The van der Waals surface area contributed by atoms with Crippen LogP contribution in [0.25, 0.3) is 0 Å². The SMILES string of the molecule is CC(C)(N)Cc1cc(Cl)c2c(c1)OC(C)(C)O2. The highest BCUT2D eigenvalue weighted by atomic mass is 35.5. The van der Waals surface area contributed by atoms with E-state index in [-0.39, 0.29) is 5.54 Å². The lowest BCUT2D eigenvalue weighted by Crippen LogP contribution is -2.34. The van der Waals surface area contributed by atoms with Crippen molar-refractivity contribution in [2.45, 2.75) is 45.4 Å². The minimum absolute atomic E-state index is 0.271. The van der Waals surface area contributed by atoms with Crippen molar-refractivity contribution < 1.29 is 9.47 Å². The van der Waals surface area contributed by atoms with Crippen molar-refractivity contribution >= 4 is 11.6 Å². The van der Waals surface area contributed by atoms with Gasteiger partial charge in [-0.15, -0.1) is 0 Å². The van der Waals surface area contributed by atoms with Gasteiger partial charge < -0.3 is 15.2 Å². The average Bonchev–Trinajstić information content (AvgIpc) is 2.36. The third-order valence-electron chi connectivity index (χ3n) is 2.43. The number of hydrogen-bond donors (Lipinski definition) is 1. The van der Waals surface area contributed by atoms with Crippen LogP contribution in [0, 0.1) is 0 Å². The Kier molecular flexibility index (Phi) is 2.79. The number of ether oxygens (including phenoxy) is 2. The standard InChI is InChI=1S/C13H18ClNO2/c1-12(2,15)7-8-5-9(14)11-10(6-8)16-13(3,4)17-11/h5-6H,7,15H2,1-4H3. The number of hydrogen-bond acceptors (Lipinski definition) is 3. The van der Waals surface area contributed by atoms with Crippen LogP contribution in [0.5, 0.6) is 11.5 Å². The Hall–Kier alpha value is -0.930. The molecule has 0 spiro atoms. The van der Waals surface area contributed by atoms with Gasteiger partial charge >= 0.3 is 0 Å². The molecule has 17 heavy (non-hydrogen) atoms. The fourth-order valence-corrected chi connectivity index (χ4v) is 2.23. The normalized spacial score (nSPS) is 17.3. The van der Waals surface area contributed by atoms with E-state index in [0.717, 1.165) is 12.0 Å². The van der Waals surface area contributed by atoms with Gasteiger partial charge in [0.05, 0.1) is 5.02 Å².